The molecular weight excluding hydrogens is 257 g/mol. The van der Waals surface area contributed by atoms with Gasteiger partial charge in [-0.25, -0.2) is 5.84 Å². The zero-order valence-corrected chi connectivity index (χ0v) is 9.20. The van der Waals surface area contributed by atoms with Crippen LogP contribution in [0.4, 0.5) is 0 Å². The van der Waals surface area contributed by atoms with Crippen molar-refractivity contribution >= 4 is 29.9 Å². The van der Waals surface area contributed by atoms with Crippen LogP contribution in [0.2, 0.25) is 0 Å². The van der Waals surface area contributed by atoms with Gasteiger partial charge in [0.05, 0.1) is 6.54 Å². The maximum atomic E-state index is 5.25. The molecule has 6 heteroatoms. The first-order valence-electron chi connectivity index (χ1n) is 3.08. The number of likely N-dealkylation sites (N-methyl/N-ethyl adjacent to an activating group) is 1. The third-order valence-corrected chi connectivity index (χ3v) is 0.977. The molecule has 68 valence electrons. The van der Waals surface area contributed by atoms with Crippen LogP contribution in [0, 0.1) is 0 Å². The van der Waals surface area contributed by atoms with Crippen molar-refractivity contribution in [2.45, 2.75) is 0 Å². The highest BCUT2D eigenvalue weighted by Crippen LogP contribution is 1.74. The van der Waals surface area contributed by atoms with Gasteiger partial charge in [0.25, 0.3) is 0 Å². The molecule has 5 nitrogen and oxygen atoms in total. The van der Waals surface area contributed by atoms with Gasteiger partial charge in [-0.15, -0.1) is 24.0 Å². The number of hydrogen-bond acceptors (Lipinski definition) is 3. The van der Waals surface area contributed by atoms with Gasteiger partial charge in [-0.1, -0.05) is 0 Å². The molecule has 0 saturated carbocycles. The lowest BCUT2D eigenvalue weighted by molar-refractivity contribution is 0.420. The topological polar surface area (TPSA) is 79.7 Å². The Morgan fingerprint density at radius 3 is 2.45 bits per heavy atom. The van der Waals surface area contributed by atoms with Crippen LogP contribution in [0.5, 0.6) is 0 Å². The minimum Gasteiger partial charge on any atom is -0.369 e. The molecule has 0 aliphatic rings. The summed E-state index contributed by atoms with van der Waals surface area (Å²) in [6, 6.07) is 0. The number of rotatable bonds is 3. The number of guanidine groups is 1. The Labute approximate surface area is 84.2 Å². The lowest BCUT2D eigenvalue weighted by Crippen LogP contribution is -2.37. The third-order valence-electron chi connectivity index (χ3n) is 0.977. The second-order valence-electron chi connectivity index (χ2n) is 2.21. The Balaban J connectivity index is 0. The molecule has 0 aromatic rings. The van der Waals surface area contributed by atoms with Crippen molar-refractivity contribution in [2.24, 2.45) is 16.6 Å². The van der Waals surface area contributed by atoms with E-state index in [9.17, 15) is 0 Å². The average molecular weight is 273 g/mol. The summed E-state index contributed by atoms with van der Waals surface area (Å²) in [7, 11) is 3.95. The molecule has 0 heterocycles. The average Bonchev–Trinajstić information content (AvgIpc) is 1.87. The summed E-state index contributed by atoms with van der Waals surface area (Å²) in [5, 5.41) is 0. The van der Waals surface area contributed by atoms with Gasteiger partial charge in [0, 0.05) is 6.54 Å². The summed E-state index contributed by atoms with van der Waals surface area (Å²) in [6.45, 7) is 1.55. The summed E-state index contributed by atoms with van der Waals surface area (Å²) >= 11 is 0. The highest BCUT2D eigenvalue weighted by atomic mass is 127. The predicted octanol–water partition coefficient (Wildman–Crippen LogP) is -1.06. The Kier molecular flexibility index (Phi) is 9.85. The van der Waals surface area contributed by atoms with Gasteiger partial charge in [0.1, 0.15) is 0 Å². The van der Waals surface area contributed by atoms with Crippen LogP contribution in [0.3, 0.4) is 0 Å². The van der Waals surface area contributed by atoms with Crippen molar-refractivity contribution in [1.29, 1.82) is 0 Å². The molecular formula is C5H16IN5. The van der Waals surface area contributed by atoms with E-state index < -0.39 is 0 Å². The normalized spacial score (nSPS) is 11.1. The van der Waals surface area contributed by atoms with Crippen molar-refractivity contribution in [2.75, 3.05) is 27.2 Å². The van der Waals surface area contributed by atoms with Crippen LogP contribution in [-0.2, 0) is 0 Å². The van der Waals surface area contributed by atoms with E-state index in [1.165, 1.54) is 0 Å². The van der Waals surface area contributed by atoms with E-state index in [-0.39, 0.29) is 29.9 Å². The quantitative estimate of drug-likeness (QED) is 0.201. The molecule has 0 aromatic heterocycles. The molecule has 0 amide bonds. The van der Waals surface area contributed by atoms with Crippen LogP contribution in [0.15, 0.2) is 4.99 Å². The van der Waals surface area contributed by atoms with Crippen LogP contribution in [0.25, 0.3) is 0 Å². The highest BCUT2D eigenvalue weighted by molar-refractivity contribution is 14.0. The minimum atomic E-state index is 0. The predicted molar refractivity (Wildman–Crippen MR) is 57.8 cm³/mol. The molecule has 0 unspecified atom stereocenters. The van der Waals surface area contributed by atoms with E-state index in [1.54, 1.807) is 0 Å². The summed E-state index contributed by atoms with van der Waals surface area (Å²) in [4.78, 5) is 5.92. The number of hydrogen-bond donors (Lipinski definition) is 3. The summed E-state index contributed by atoms with van der Waals surface area (Å²) in [5.74, 6) is 5.25. The summed E-state index contributed by atoms with van der Waals surface area (Å²) < 4.78 is 0. The molecule has 0 atom stereocenters. The Morgan fingerprint density at radius 2 is 2.09 bits per heavy atom. The van der Waals surface area contributed by atoms with Crippen molar-refractivity contribution in [1.82, 2.24) is 10.3 Å². The van der Waals surface area contributed by atoms with Gasteiger partial charge in [-0.2, -0.15) is 0 Å². The van der Waals surface area contributed by atoms with Crippen LogP contribution >= 0.6 is 24.0 Å². The molecule has 0 rings (SSSR count). The molecule has 0 aliphatic heterocycles. The molecule has 0 fully saturated rings. The molecule has 0 aliphatic carbocycles. The number of aliphatic imine (C=N–C) groups is 1. The molecule has 0 saturated heterocycles. The van der Waals surface area contributed by atoms with E-state index in [4.69, 9.17) is 11.6 Å². The maximum absolute atomic E-state index is 5.25. The molecule has 0 aromatic carbocycles. The fraction of sp³-hybridized carbons (Fsp3) is 0.800. The van der Waals surface area contributed by atoms with E-state index >= 15 is 0 Å². The fourth-order valence-electron chi connectivity index (χ4n) is 0.416. The lowest BCUT2D eigenvalue weighted by Gasteiger charge is -2.06. The Morgan fingerprint density at radius 1 is 1.55 bits per heavy atom. The van der Waals surface area contributed by atoms with E-state index in [2.05, 4.69) is 10.4 Å². The van der Waals surface area contributed by atoms with Gasteiger partial charge >= 0.3 is 0 Å². The fourth-order valence-corrected chi connectivity index (χ4v) is 0.416. The molecule has 0 bridgehead atoms. The van der Waals surface area contributed by atoms with Gasteiger partial charge in [-0.3, -0.25) is 10.4 Å². The SMILES string of the molecule is CN(C)CCN=C(N)NN.I. The number of halogens is 1. The third kappa shape index (κ3) is 9.92. The Hall–Kier alpha value is -0.0800. The Bertz CT molecular complexity index is 113. The van der Waals surface area contributed by atoms with Crippen LogP contribution in [0.1, 0.15) is 0 Å². The van der Waals surface area contributed by atoms with Crippen molar-refractivity contribution in [3.63, 3.8) is 0 Å². The van der Waals surface area contributed by atoms with E-state index in [0.29, 0.717) is 6.54 Å². The summed E-state index contributed by atoms with van der Waals surface area (Å²) in [5.41, 5.74) is 7.50. The first-order chi connectivity index (χ1) is 4.66. The number of nitrogens with one attached hydrogen (secondary N) is 1. The largest absolute Gasteiger partial charge is 0.369 e. The molecule has 11 heavy (non-hydrogen) atoms. The highest BCUT2D eigenvalue weighted by Gasteiger charge is 1.87. The number of hydrazine groups is 1. The van der Waals surface area contributed by atoms with Crippen LogP contribution < -0.4 is 17.0 Å². The van der Waals surface area contributed by atoms with Gasteiger partial charge in [0.2, 0.25) is 5.96 Å². The second kappa shape index (κ2) is 8.02. The number of nitrogens with zero attached hydrogens (tertiary/aromatic N) is 2. The van der Waals surface area contributed by atoms with E-state index in [0.717, 1.165) is 6.54 Å². The second-order valence-corrected chi connectivity index (χ2v) is 2.21. The van der Waals surface area contributed by atoms with Crippen molar-refractivity contribution in [3.8, 4) is 0 Å². The van der Waals surface area contributed by atoms with Crippen molar-refractivity contribution in [3.05, 3.63) is 0 Å². The lowest BCUT2D eigenvalue weighted by atomic mass is 10.6. The first kappa shape index (κ1) is 13.5. The monoisotopic (exact) mass is 273 g/mol. The molecule has 0 spiro atoms. The van der Waals surface area contributed by atoms with Gasteiger partial charge in [-0.05, 0) is 14.1 Å². The van der Waals surface area contributed by atoms with Gasteiger partial charge < -0.3 is 10.6 Å². The molecule has 5 N–H and O–H groups in total. The van der Waals surface area contributed by atoms with Crippen molar-refractivity contribution < 1.29 is 0 Å². The number of nitrogens with two attached hydrogens (primary N) is 2. The smallest absolute Gasteiger partial charge is 0.203 e. The maximum Gasteiger partial charge on any atom is 0.203 e. The zero-order valence-electron chi connectivity index (χ0n) is 6.87. The van der Waals surface area contributed by atoms with Gasteiger partial charge in [0.15, 0.2) is 0 Å². The minimum absolute atomic E-state index is 0. The van der Waals surface area contributed by atoms with E-state index in [1.807, 2.05) is 19.0 Å². The zero-order chi connectivity index (χ0) is 7.98. The summed E-state index contributed by atoms with van der Waals surface area (Å²) in [6.07, 6.45) is 0. The first-order valence-corrected chi connectivity index (χ1v) is 3.08. The van der Waals surface area contributed by atoms with Crippen LogP contribution in [-0.4, -0.2) is 38.0 Å². The standard InChI is InChI=1S/C5H15N5.HI/c1-10(2)4-3-8-5(6)9-7;/h3-4,7H2,1-2H3,(H3,6,8,9);1H. The molecule has 0 radical (unpaired) electrons.